The Hall–Kier alpha value is -2.10. The second-order valence-electron chi connectivity index (χ2n) is 7.56. The molecule has 4 heteroatoms. The number of benzene rings is 2. The van der Waals surface area contributed by atoms with E-state index in [9.17, 15) is 4.39 Å². The van der Waals surface area contributed by atoms with Crippen LogP contribution in [0.3, 0.4) is 0 Å². The lowest BCUT2D eigenvalue weighted by atomic mass is 10.1. The predicted octanol–water partition coefficient (Wildman–Crippen LogP) is 5.79. The van der Waals surface area contributed by atoms with Crippen LogP contribution in [-0.2, 0) is 12.8 Å². The number of halogens is 2. The summed E-state index contributed by atoms with van der Waals surface area (Å²) in [6.45, 7) is 6.33. The van der Waals surface area contributed by atoms with Gasteiger partial charge in [-0.05, 0) is 68.3 Å². The second-order valence-corrected chi connectivity index (χ2v) is 7.97. The van der Waals surface area contributed by atoms with Crippen molar-refractivity contribution < 1.29 is 4.39 Å². The van der Waals surface area contributed by atoms with E-state index in [-0.39, 0.29) is 10.8 Å². The summed E-state index contributed by atoms with van der Waals surface area (Å²) in [5.41, 5.74) is 7.37. The molecule has 0 aliphatic carbocycles. The third kappa shape index (κ3) is 3.42. The lowest BCUT2D eigenvalue weighted by molar-refractivity contribution is 0.351. The normalized spacial score (nSPS) is 15.8. The zero-order valence-corrected chi connectivity index (χ0v) is 16.8. The first-order valence-corrected chi connectivity index (χ1v) is 9.76. The van der Waals surface area contributed by atoms with Crippen molar-refractivity contribution in [3.63, 3.8) is 0 Å². The van der Waals surface area contributed by atoms with Gasteiger partial charge in [-0.1, -0.05) is 29.3 Å². The van der Waals surface area contributed by atoms with Crippen molar-refractivity contribution >= 4 is 34.3 Å². The maximum Gasteiger partial charge on any atom is 0.141 e. The highest BCUT2D eigenvalue weighted by molar-refractivity contribution is 6.30. The lowest BCUT2D eigenvalue weighted by Gasteiger charge is -2.13. The topological polar surface area (TPSA) is 8.17 Å². The second kappa shape index (κ2) is 7.14. The molecule has 0 atom stereocenters. The summed E-state index contributed by atoms with van der Waals surface area (Å²) < 4.78 is 15.9. The fourth-order valence-corrected chi connectivity index (χ4v) is 4.15. The van der Waals surface area contributed by atoms with Crippen LogP contribution in [0.1, 0.15) is 29.3 Å². The first kappa shape index (κ1) is 18.3. The maximum atomic E-state index is 13.5. The number of hydrogen-bond acceptors (Lipinski definition) is 1. The molecule has 2 heterocycles. The minimum atomic E-state index is -0.382. The molecule has 0 amide bonds. The fraction of sp³-hybridized carbons (Fsp3) is 0.304. The largest absolute Gasteiger partial charge is 0.320 e. The summed E-state index contributed by atoms with van der Waals surface area (Å²) in [6, 6.07) is 11.6. The van der Waals surface area contributed by atoms with Crippen LogP contribution in [0.25, 0.3) is 22.7 Å². The van der Waals surface area contributed by atoms with E-state index in [1.165, 1.54) is 33.8 Å². The van der Waals surface area contributed by atoms with E-state index in [2.05, 4.69) is 54.8 Å². The molecule has 2 nitrogen and oxygen atoms in total. The van der Waals surface area contributed by atoms with E-state index in [0.29, 0.717) is 0 Å². The number of aromatic nitrogens is 1. The van der Waals surface area contributed by atoms with Gasteiger partial charge in [0.15, 0.2) is 0 Å². The molecule has 1 aliphatic heterocycles. The van der Waals surface area contributed by atoms with E-state index >= 15 is 0 Å². The minimum absolute atomic E-state index is 0.161. The zero-order valence-electron chi connectivity index (χ0n) is 16.0. The van der Waals surface area contributed by atoms with Gasteiger partial charge in [-0.25, -0.2) is 4.39 Å². The number of fused-ring (bicyclic) bond motifs is 3. The number of aryl methyl sites for hydroxylation is 1. The van der Waals surface area contributed by atoms with Gasteiger partial charge in [-0.3, -0.25) is 0 Å². The van der Waals surface area contributed by atoms with Crippen LogP contribution >= 0.6 is 11.6 Å². The molecule has 140 valence electrons. The van der Waals surface area contributed by atoms with Crippen molar-refractivity contribution in [1.29, 1.82) is 0 Å². The van der Waals surface area contributed by atoms with E-state index in [4.69, 9.17) is 11.6 Å². The van der Waals surface area contributed by atoms with E-state index in [1.54, 1.807) is 12.1 Å². The van der Waals surface area contributed by atoms with Gasteiger partial charge >= 0.3 is 0 Å². The Bertz CT molecular complexity index is 1050. The van der Waals surface area contributed by atoms with Crippen LogP contribution < -0.4 is 0 Å². The molecule has 0 saturated carbocycles. The lowest BCUT2D eigenvalue weighted by Crippen LogP contribution is -2.21. The molecule has 0 spiro atoms. The molecule has 0 radical (unpaired) electrons. The first-order chi connectivity index (χ1) is 12.9. The molecule has 27 heavy (non-hydrogen) atoms. The monoisotopic (exact) mass is 382 g/mol. The summed E-state index contributed by atoms with van der Waals surface area (Å²) in [4.78, 5) is 2.39. The van der Waals surface area contributed by atoms with Crippen molar-refractivity contribution in [2.24, 2.45) is 0 Å². The molecule has 4 rings (SSSR count). The molecule has 0 bridgehead atoms. The number of nitrogens with zero attached hydrogens (tertiary/aromatic N) is 2. The van der Waals surface area contributed by atoms with Crippen LogP contribution in [0, 0.1) is 12.7 Å². The fourth-order valence-electron chi connectivity index (χ4n) is 3.97. The average molecular weight is 383 g/mol. The number of hydrogen-bond donors (Lipinski definition) is 0. The van der Waals surface area contributed by atoms with Crippen LogP contribution in [0.2, 0.25) is 5.02 Å². The van der Waals surface area contributed by atoms with Gasteiger partial charge in [-0.2, -0.15) is 0 Å². The standard InChI is InChI=1S/C23H24ClFN2/c1-15-4-7-22-19(12-15)18-8-10-26(3)11-9-23(18)27(22)14-16(2)17-5-6-21(25)20(24)13-17/h4-7,12-14H,8-11H2,1-3H3/b16-14+. The highest BCUT2D eigenvalue weighted by Crippen LogP contribution is 2.32. The molecule has 1 aliphatic rings. The van der Waals surface area contributed by atoms with E-state index in [0.717, 1.165) is 37.1 Å². The molecule has 0 saturated heterocycles. The SMILES string of the molecule is C/C(=C\n1c2c(c3cc(C)ccc31)CCN(C)CC2)c1ccc(F)c(Cl)c1. The Balaban J connectivity index is 1.89. The Morgan fingerprint density at radius 1 is 1.11 bits per heavy atom. The Labute approximate surface area is 164 Å². The summed E-state index contributed by atoms with van der Waals surface area (Å²) in [5, 5.41) is 1.51. The van der Waals surface area contributed by atoms with Crippen molar-refractivity contribution in [2.45, 2.75) is 26.7 Å². The van der Waals surface area contributed by atoms with Crippen LogP contribution in [-0.4, -0.2) is 29.6 Å². The summed E-state index contributed by atoms with van der Waals surface area (Å²) in [6.07, 6.45) is 4.26. The van der Waals surface area contributed by atoms with Gasteiger partial charge in [0, 0.05) is 36.8 Å². The van der Waals surface area contributed by atoms with Gasteiger partial charge in [0.1, 0.15) is 5.82 Å². The quantitative estimate of drug-likeness (QED) is 0.544. The molecule has 2 aromatic carbocycles. The van der Waals surface area contributed by atoms with Crippen molar-refractivity contribution in [3.8, 4) is 0 Å². The summed E-state index contributed by atoms with van der Waals surface area (Å²) in [7, 11) is 2.19. The smallest absolute Gasteiger partial charge is 0.141 e. The van der Waals surface area contributed by atoms with Gasteiger partial charge in [-0.15, -0.1) is 0 Å². The zero-order chi connectivity index (χ0) is 19.1. The van der Waals surface area contributed by atoms with E-state index in [1.807, 2.05) is 0 Å². The minimum Gasteiger partial charge on any atom is -0.320 e. The van der Waals surface area contributed by atoms with Crippen molar-refractivity contribution in [2.75, 3.05) is 20.1 Å². The molecular formula is C23H24ClFN2. The third-order valence-corrected chi connectivity index (χ3v) is 5.84. The van der Waals surface area contributed by atoms with E-state index < -0.39 is 0 Å². The average Bonchev–Trinajstić information content (AvgIpc) is 2.78. The Morgan fingerprint density at radius 2 is 1.89 bits per heavy atom. The maximum absolute atomic E-state index is 13.5. The van der Waals surface area contributed by atoms with Gasteiger partial charge in [0.05, 0.1) is 10.5 Å². The molecule has 0 fully saturated rings. The number of rotatable bonds is 2. The van der Waals surface area contributed by atoms with Gasteiger partial charge in [0.2, 0.25) is 0 Å². The molecule has 1 aromatic heterocycles. The van der Waals surface area contributed by atoms with Crippen molar-refractivity contribution in [1.82, 2.24) is 9.47 Å². The first-order valence-electron chi connectivity index (χ1n) is 9.38. The van der Waals surface area contributed by atoms with Gasteiger partial charge < -0.3 is 9.47 Å². The Kier molecular flexibility index (Phi) is 4.83. The van der Waals surface area contributed by atoms with Crippen LogP contribution in [0.15, 0.2) is 36.4 Å². The molecule has 3 aromatic rings. The number of likely N-dealkylation sites (N-methyl/N-ethyl adjacent to an activating group) is 1. The van der Waals surface area contributed by atoms with Crippen molar-refractivity contribution in [3.05, 3.63) is 69.6 Å². The van der Waals surface area contributed by atoms with Crippen LogP contribution in [0.4, 0.5) is 4.39 Å². The summed E-state index contributed by atoms with van der Waals surface area (Å²) >= 11 is 5.99. The molecule has 0 unspecified atom stereocenters. The highest BCUT2D eigenvalue weighted by Gasteiger charge is 2.20. The van der Waals surface area contributed by atoms with Gasteiger partial charge in [0.25, 0.3) is 0 Å². The molecule has 0 N–H and O–H groups in total. The Morgan fingerprint density at radius 3 is 2.67 bits per heavy atom. The highest BCUT2D eigenvalue weighted by atomic mass is 35.5. The number of allylic oxidation sites excluding steroid dienone is 1. The van der Waals surface area contributed by atoms with Crippen LogP contribution in [0.5, 0.6) is 0 Å². The predicted molar refractivity (Wildman–Crippen MR) is 113 cm³/mol. The molecular weight excluding hydrogens is 359 g/mol. The third-order valence-electron chi connectivity index (χ3n) is 5.55. The summed E-state index contributed by atoms with van der Waals surface area (Å²) in [5.74, 6) is -0.382.